The molecule has 1 heterocycles. The minimum absolute atomic E-state index is 0.563. The van der Waals surface area contributed by atoms with E-state index in [1.165, 1.54) is 43.4 Å². The van der Waals surface area contributed by atoms with Gasteiger partial charge < -0.3 is 5.32 Å². The minimum Gasteiger partial charge on any atom is -0.311 e. The van der Waals surface area contributed by atoms with Crippen LogP contribution >= 0.6 is 11.3 Å². The van der Waals surface area contributed by atoms with Crippen LogP contribution in [0.3, 0.4) is 0 Å². The number of rotatable bonds is 4. The lowest BCUT2D eigenvalue weighted by molar-refractivity contribution is 0.307. The van der Waals surface area contributed by atoms with Crippen LogP contribution in [0.25, 0.3) is 0 Å². The molecule has 1 aromatic rings. The van der Waals surface area contributed by atoms with Gasteiger partial charge in [0, 0.05) is 17.0 Å². The van der Waals surface area contributed by atoms with E-state index in [-0.39, 0.29) is 0 Å². The third kappa shape index (κ3) is 4.40. The summed E-state index contributed by atoms with van der Waals surface area (Å²) in [5, 5.41) is 6.02. The highest BCUT2D eigenvalue weighted by atomic mass is 32.1. The Labute approximate surface area is 116 Å². The molecule has 18 heavy (non-hydrogen) atoms. The van der Waals surface area contributed by atoms with Crippen molar-refractivity contribution >= 4 is 11.3 Å². The summed E-state index contributed by atoms with van der Waals surface area (Å²) in [4.78, 5) is 1.50. The maximum absolute atomic E-state index is 3.84. The van der Waals surface area contributed by atoms with Crippen molar-refractivity contribution in [1.82, 2.24) is 5.32 Å². The lowest BCUT2D eigenvalue weighted by atomic mass is 9.85. The van der Waals surface area contributed by atoms with Gasteiger partial charge in [0.25, 0.3) is 0 Å². The van der Waals surface area contributed by atoms with Crippen LogP contribution in [0, 0.1) is 5.41 Å². The summed E-state index contributed by atoms with van der Waals surface area (Å²) in [5.41, 5.74) is 0.563. The molecule has 1 nitrogen and oxygen atoms in total. The van der Waals surface area contributed by atoms with Crippen molar-refractivity contribution in [2.24, 2.45) is 5.41 Å². The zero-order chi connectivity index (χ0) is 13.0. The minimum atomic E-state index is 0.563. The topological polar surface area (TPSA) is 12.0 Å². The van der Waals surface area contributed by atoms with Crippen molar-refractivity contribution < 1.29 is 0 Å². The van der Waals surface area contributed by atoms with Gasteiger partial charge in [-0.25, -0.2) is 0 Å². The Hall–Kier alpha value is -0.340. The van der Waals surface area contributed by atoms with Crippen LogP contribution in [0.4, 0.5) is 0 Å². The van der Waals surface area contributed by atoms with Crippen molar-refractivity contribution in [2.75, 3.05) is 0 Å². The van der Waals surface area contributed by atoms with Crippen LogP contribution in [0.5, 0.6) is 0 Å². The van der Waals surface area contributed by atoms with Crippen LogP contribution in [-0.2, 0) is 6.42 Å². The molecule has 2 unspecified atom stereocenters. The Morgan fingerprint density at radius 2 is 2.22 bits per heavy atom. The first kappa shape index (κ1) is 14.1. The quantitative estimate of drug-likeness (QED) is 0.783. The molecular weight excluding hydrogens is 238 g/mol. The zero-order valence-electron chi connectivity index (χ0n) is 12.0. The van der Waals surface area contributed by atoms with E-state index < -0.39 is 0 Å². The fourth-order valence-corrected chi connectivity index (χ4v) is 3.86. The Bertz CT molecular complexity index is 342. The van der Waals surface area contributed by atoms with Gasteiger partial charge in [-0.1, -0.05) is 26.3 Å². The van der Waals surface area contributed by atoms with Gasteiger partial charge in [0.1, 0.15) is 0 Å². The van der Waals surface area contributed by atoms with E-state index in [0.29, 0.717) is 11.5 Å². The van der Waals surface area contributed by atoms with Crippen LogP contribution in [0.2, 0.25) is 0 Å². The van der Waals surface area contributed by atoms with Gasteiger partial charge in [-0.2, -0.15) is 0 Å². The maximum atomic E-state index is 3.84. The van der Waals surface area contributed by atoms with E-state index in [1.807, 2.05) is 11.3 Å². The smallest absolute Gasteiger partial charge is 0.00896 e. The van der Waals surface area contributed by atoms with Crippen LogP contribution in [0.1, 0.15) is 57.8 Å². The number of hydrogen-bond acceptors (Lipinski definition) is 2. The van der Waals surface area contributed by atoms with Gasteiger partial charge >= 0.3 is 0 Å². The predicted octanol–water partition coefficient (Wildman–Crippen LogP) is 4.63. The SMILES string of the molecule is CC(Cc1cccs1)NC1CCCC(C)(C)CC1. The van der Waals surface area contributed by atoms with Crippen LogP contribution < -0.4 is 5.32 Å². The molecule has 1 fully saturated rings. The fourth-order valence-electron chi connectivity index (χ4n) is 3.02. The maximum Gasteiger partial charge on any atom is 0.00896 e. The van der Waals surface area contributed by atoms with Crippen LogP contribution in [-0.4, -0.2) is 12.1 Å². The number of nitrogens with one attached hydrogen (secondary N) is 1. The van der Waals surface area contributed by atoms with Crippen molar-refractivity contribution in [3.63, 3.8) is 0 Å². The van der Waals surface area contributed by atoms with Gasteiger partial charge in [0.05, 0.1) is 0 Å². The second-order valence-corrected chi connectivity index (χ2v) is 7.68. The molecule has 0 aromatic carbocycles. The Morgan fingerprint density at radius 3 is 2.94 bits per heavy atom. The van der Waals surface area contributed by atoms with Crippen molar-refractivity contribution in [2.45, 2.75) is 71.4 Å². The molecule has 0 radical (unpaired) electrons. The number of thiophene rings is 1. The van der Waals surface area contributed by atoms with E-state index >= 15 is 0 Å². The van der Waals surface area contributed by atoms with Crippen molar-refractivity contribution in [3.8, 4) is 0 Å². The fraction of sp³-hybridized carbons (Fsp3) is 0.750. The van der Waals surface area contributed by atoms with E-state index in [2.05, 4.69) is 43.6 Å². The summed E-state index contributed by atoms with van der Waals surface area (Å²) in [6, 6.07) is 5.75. The largest absolute Gasteiger partial charge is 0.311 e. The second-order valence-electron chi connectivity index (χ2n) is 6.64. The van der Waals surface area contributed by atoms with E-state index in [9.17, 15) is 0 Å². The lowest BCUT2D eigenvalue weighted by Gasteiger charge is -2.24. The molecule has 2 heteroatoms. The highest BCUT2D eigenvalue weighted by Gasteiger charge is 2.24. The molecule has 0 bridgehead atoms. The Kier molecular flexibility index (Phi) is 4.85. The van der Waals surface area contributed by atoms with Crippen molar-refractivity contribution in [1.29, 1.82) is 0 Å². The molecule has 0 spiro atoms. The molecule has 1 aliphatic carbocycles. The normalized spacial score (nSPS) is 25.6. The Morgan fingerprint density at radius 1 is 1.39 bits per heavy atom. The molecule has 1 saturated carbocycles. The molecule has 2 atom stereocenters. The standard InChI is InChI=1S/C16H27NS/c1-13(12-15-7-5-11-18-15)17-14-6-4-9-16(2,3)10-8-14/h5,7,11,13-14,17H,4,6,8-10,12H2,1-3H3. The van der Waals surface area contributed by atoms with E-state index in [0.717, 1.165) is 6.04 Å². The van der Waals surface area contributed by atoms with E-state index in [4.69, 9.17) is 0 Å². The summed E-state index contributed by atoms with van der Waals surface area (Å²) >= 11 is 1.88. The predicted molar refractivity (Wildman–Crippen MR) is 81.3 cm³/mol. The van der Waals surface area contributed by atoms with Crippen LogP contribution in [0.15, 0.2) is 17.5 Å². The second kappa shape index (κ2) is 6.21. The number of hydrogen-bond donors (Lipinski definition) is 1. The first-order valence-electron chi connectivity index (χ1n) is 7.34. The van der Waals surface area contributed by atoms with Gasteiger partial charge in [0.15, 0.2) is 0 Å². The lowest BCUT2D eigenvalue weighted by Crippen LogP contribution is -2.37. The molecule has 0 amide bonds. The monoisotopic (exact) mass is 265 g/mol. The summed E-state index contributed by atoms with van der Waals surface area (Å²) < 4.78 is 0. The first-order chi connectivity index (χ1) is 8.55. The summed E-state index contributed by atoms with van der Waals surface area (Å²) in [5.74, 6) is 0. The highest BCUT2D eigenvalue weighted by molar-refractivity contribution is 7.09. The summed E-state index contributed by atoms with van der Waals surface area (Å²) in [6.45, 7) is 7.17. The summed E-state index contributed by atoms with van der Waals surface area (Å²) in [6.07, 6.45) is 8.04. The van der Waals surface area contributed by atoms with E-state index in [1.54, 1.807) is 0 Å². The zero-order valence-corrected chi connectivity index (χ0v) is 12.9. The summed E-state index contributed by atoms with van der Waals surface area (Å²) in [7, 11) is 0. The molecule has 102 valence electrons. The van der Waals surface area contributed by atoms with Gasteiger partial charge in [-0.05, 0) is 55.9 Å². The average Bonchev–Trinajstić information content (AvgIpc) is 2.72. The van der Waals surface area contributed by atoms with Gasteiger partial charge in [0.2, 0.25) is 0 Å². The molecule has 0 aliphatic heterocycles. The first-order valence-corrected chi connectivity index (χ1v) is 8.21. The third-order valence-corrected chi connectivity index (χ3v) is 5.08. The van der Waals surface area contributed by atoms with Gasteiger partial charge in [-0.3, -0.25) is 0 Å². The molecule has 0 saturated heterocycles. The molecule has 1 N–H and O–H groups in total. The highest BCUT2D eigenvalue weighted by Crippen LogP contribution is 2.33. The average molecular weight is 265 g/mol. The third-order valence-electron chi connectivity index (χ3n) is 4.18. The molecule has 1 aromatic heterocycles. The Balaban J connectivity index is 1.78. The molecule has 2 rings (SSSR count). The molecule has 1 aliphatic rings. The molecular formula is C16H27NS. The van der Waals surface area contributed by atoms with Gasteiger partial charge in [-0.15, -0.1) is 11.3 Å². The van der Waals surface area contributed by atoms with Crippen molar-refractivity contribution in [3.05, 3.63) is 22.4 Å².